The second-order valence-electron chi connectivity index (χ2n) is 9.48. The van der Waals surface area contributed by atoms with Gasteiger partial charge in [-0.3, -0.25) is 4.79 Å². The molecule has 0 unspecified atom stereocenters. The molecule has 5 atom stereocenters. The van der Waals surface area contributed by atoms with Gasteiger partial charge in [-0.25, -0.2) is 4.79 Å². The first-order valence-corrected chi connectivity index (χ1v) is 11.0. The summed E-state index contributed by atoms with van der Waals surface area (Å²) in [5, 5.41) is 11.5. The number of benzene rings is 1. The highest BCUT2D eigenvalue weighted by Gasteiger charge is 2.59. The fourth-order valence-corrected chi connectivity index (χ4v) is 5.00. The number of ether oxygens (including phenoxy) is 2. The zero-order chi connectivity index (χ0) is 22.1. The van der Waals surface area contributed by atoms with Crippen molar-refractivity contribution >= 4 is 11.9 Å². The number of carbonyl (C=O) groups excluding carboxylic acids is 2. The molecule has 1 amide bonds. The third-order valence-corrected chi connectivity index (χ3v) is 6.38. The van der Waals surface area contributed by atoms with Crippen LogP contribution in [0.25, 0.3) is 0 Å². The lowest BCUT2D eigenvalue weighted by Crippen LogP contribution is -2.51. The molecule has 6 heteroatoms. The van der Waals surface area contributed by atoms with Crippen LogP contribution in [-0.2, 0) is 19.1 Å². The van der Waals surface area contributed by atoms with Gasteiger partial charge in [-0.05, 0) is 49.7 Å². The molecule has 2 saturated heterocycles. The Balaban J connectivity index is 2.13. The van der Waals surface area contributed by atoms with E-state index >= 15 is 0 Å². The van der Waals surface area contributed by atoms with E-state index in [2.05, 4.69) is 0 Å². The Bertz CT molecular complexity index is 765. The van der Waals surface area contributed by atoms with E-state index in [0.29, 0.717) is 13.0 Å². The van der Waals surface area contributed by atoms with Crippen molar-refractivity contribution in [1.29, 1.82) is 0 Å². The van der Waals surface area contributed by atoms with Crippen LogP contribution < -0.4 is 0 Å². The van der Waals surface area contributed by atoms with Crippen molar-refractivity contribution in [3.8, 4) is 0 Å². The number of hydrogen-bond acceptors (Lipinski definition) is 5. The zero-order valence-corrected chi connectivity index (χ0v) is 18.8. The molecule has 30 heavy (non-hydrogen) atoms. The third-order valence-electron chi connectivity index (χ3n) is 6.38. The number of nitrogens with zero attached hydrogens (tertiary/aromatic N) is 1. The molecule has 6 nitrogen and oxygen atoms in total. The van der Waals surface area contributed by atoms with Gasteiger partial charge in [0.15, 0.2) is 0 Å². The lowest BCUT2D eigenvalue weighted by molar-refractivity contribution is -0.162. The number of likely N-dealkylation sites (tertiary alicyclic amines) is 1. The van der Waals surface area contributed by atoms with E-state index in [9.17, 15) is 14.7 Å². The van der Waals surface area contributed by atoms with Crippen LogP contribution in [0.15, 0.2) is 24.3 Å². The van der Waals surface area contributed by atoms with Crippen LogP contribution in [0, 0.1) is 18.3 Å². The van der Waals surface area contributed by atoms with Crippen molar-refractivity contribution in [3.63, 3.8) is 0 Å². The van der Waals surface area contributed by atoms with Crippen LogP contribution in [0.1, 0.15) is 64.1 Å². The number of aliphatic hydroxyl groups excluding tert-OH is 1. The summed E-state index contributed by atoms with van der Waals surface area (Å²) in [5.74, 6) is -1.16. The highest BCUT2D eigenvalue weighted by Crippen LogP contribution is 2.49. The predicted octanol–water partition coefficient (Wildman–Crippen LogP) is 3.40. The Labute approximate surface area is 179 Å². The number of aliphatic hydroxyl groups is 1. The number of carbonyl (C=O) groups is 2. The van der Waals surface area contributed by atoms with Gasteiger partial charge in [0.05, 0.1) is 18.8 Å². The Morgan fingerprint density at radius 1 is 1.23 bits per heavy atom. The van der Waals surface area contributed by atoms with Gasteiger partial charge in [0, 0.05) is 12.5 Å². The normalized spacial score (nSPS) is 29.7. The largest absolute Gasteiger partial charge is 0.464 e. The number of hydrogen-bond donors (Lipinski definition) is 1. The minimum atomic E-state index is -0.895. The number of esters is 1. The first-order chi connectivity index (χ1) is 14.2. The molecule has 0 radical (unpaired) electrons. The zero-order valence-electron chi connectivity index (χ0n) is 18.8. The van der Waals surface area contributed by atoms with Gasteiger partial charge in [0.1, 0.15) is 12.1 Å². The fraction of sp³-hybridized carbons (Fsp3) is 0.667. The van der Waals surface area contributed by atoms with Crippen LogP contribution in [0.3, 0.4) is 0 Å². The fourth-order valence-electron chi connectivity index (χ4n) is 5.00. The molecule has 0 aliphatic carbocycles. The van der Waals surface area contributed by atoms with Gasteiger partial charge in [-0.15, -0.1) is 0 Å². The molecule has 2 aliphatic rings. The summed E-state index contributed by atoms with van der Waals surface area (Å²) in [6.45, 7) is 10.5. The summed E-state index contributed by atoms with van der Waals surface area (Å²) in [4.78, 5) is 28.4. The maximum atomic E-state index is 13.7. The van der Waals surface area contributed by atoms with Crippen LogP contribution in [0.2, 0.25) is 0 Å². The maximum absolute atomic E-state index is 13.7. The molecule has 1 aromatic rings. The summed E-state index contributed by atoms with van der Waals surface area (Å²) >= 11 is 0. The molecule has 3 rings (SSSR count). The standard InChI is InChI=1S/C24H35NO5/c1-6-29-23(28)20-18(24(3,4)5)21(26)19(16-12-8-7-11-15(16)2)25(20)22(27)17-13-9-10-14-30-17/h7-8,11-12,17-21,26H,6,9-10,13-14H2,1-5H3/t17-,18+,19-,20-,21-/m0/s1. The van der Waals surface area contributed by atoms with E-state index in [-0.39, 0.29) is 12.5 Å². The van der Waals surface area contributed by atoms with E-state index in [1.54, 1.807) is 11.8 Å². The molecule has 2 fully saturated rings. The first kappa shape index (κ1) is 22.8. The van der Waals surface area contributed by atoms with Gasteiger partial charge in [-0.2, -0.15) is 0 Å². The van der Waals surface area contributed by atoms with E-state index in [1.807, 2.05) is 52.0 Å². The molecule has 0 aromatic heterocycles. The van der Waals surface area contributed by atoms with Crippen molar-refractivity contribution in [3.05, 3.63) is 35.4 Å². The first-order valence-electron chi connectivity index (χ1n) is 11.0. The topological polar surface area (TPSA) is 76.1 Å². The Kier molecular flexibility index (Phi) is 6.88. The Morgan fingerprint density at radius 3 is 2.50 bits per heavy atom. The van der Waals surface area contributed by atoms with Gasteiger partial charge >= 0.3 is 5.97 Å². The minimum Gasteiger partial charge on any atom is -0.464 e. The van der Waals surface area contributed by atoms with Crippen LogP contribution in [0.4, 0.5) is 0 Å². The summed E-state index contributed by atoms with van der Waals surface area (Å²) in [6, 6.07) is 6.24. The van der Waals surface area contributed by atoms with Crippen molar-refractivity contribution in [2.45, 2.75) is 78.2 Å². The van der Waals surface area contributed by atoms with E-state index < -0.39 is 41.6 Å². The molecule has 1 N–H and O–H groups in total. The van der Waals surface area contributed by atoms with Gasteiger partial charge in [0.25, 0.3) is 5.91 Å². The second-order valence-corrected chi connectivity index (χ2v) is 9.48. The Morgan fingerprint density at radius 2 is 1.93 bits per heavy atom. The third kappa shape index (κ3) is 4.26. The number of rotatable bonds is 4. The van der Waals surface area contributed by atoms with Crippen molar-refractivity contribution in [2.24, 2.45) is 11.3 Å². The molecular formula is C24H35NO5. The monoisotopic (exact) mass is 417 g/mol. The summed E-state index contributed by atoms with van der Waals surface area (Å²) in [5.41, 5.74) is 1.41. The molecule has 0 spiro atoms. The SMILES string of the molecule is CCOC(=O)[C@@H]1[C@@H](C(C)(C)C)[C@H](O)[C@H](c2ccccc2C)N1C(=O)[C@@H]1CCCCO1. The number of aryl methyl sites for hydroxylation is 1. The summed E-state index contributed by atoms with van der Waals surface area (Å²) in [6.07, 6.45) is 0.983. The van der Waals surface area contributed by atoms with Gasteiger partial charge < -0.3 is 19.5 Å². The molecule has 166 valence electrons. The molecule has 0 saturated carbocycles. The summed E-state index contributed by atoms with van der Waals surface area (Å²) in [7, 11) is 0. The quantitative estimate of drug-likeness (QED) is 0.760. The Hall–Kier alpha value is -1.92. The highest BCUT2D eigenvalue weighted by atomic mass is 16.5. The van der Waals surface area contributed by atoms with Crippen molar-refractivity contribution < 1.29 is 24.2 Å². The minimum absolute atomic E-state index is 0.222. The van der Waals surface area contributed by atoms with Gasteiger partial charge in [0.2, 0.25) is 0 Å². The number of amides is 1. The molecular weight excluding hydrogens is 382 g/mol. The lowest BCUT2D eigenvalue weighted by Gasteiger charge is -2.36. The smallest absolute Gasteiger partial charge is 0.329 e. The van der Waals surface area contributed by atoms with Gasteiger partial charge in [-0.1, -0.05) is 45.0 Å². The molecule has 2 heterocycles. The average molecular weight is 418 g/mol. The van der Waals surface area contributed by atoms with Crippen molar-refractivity contribution in [2.75, 3.05) is 13.2 Å². The van der Waals surface area contributed by atoms with Crippen molar-refractivity contribution in [1.82, 2.24) is 4.90 Å². The average Bonchev–Trinajstić information content (AvgIpc) is 3.02. The predicted molar refractivity (Wildman–Crippen MR) is 114 cm³/mol. The van der Waals surface area contributed by atoms with Crippen LogP contribution >= 0.6 is 0 Å². The highest BCUT2D eigenvalue weighted by molar-refractivity contribution is 5.89. The molecule has 1 aromatic carbocycles. The second kappa shape index (κ2) is 9.06. The van der Waals surface area contributed by atoms with E-state index in [0.717, 1.165) is 24.0 Å². The van der Waals surface area contributed by atoms with Crippen LogP contribution in [0.5, 0.6) is 0 Å². The van der Waals surface area contributed by atoms with E-state index in [1.165, 1.54) is 0 Å². The van der Waals surface area contributed by atoms with E-state index in [4.69, 9.17) is 9.47 Å². The maximum Gasteiger partial charge on any atom is 0.329 e. The van der Waals surface area contributed by atoms with Crippen LogP contribution in [-0.4, -0.2) is 53.3 Å². The lowest BCUT2D eigenvalue weighted by atomic mass is 9.73. The summed E-state index contributed by atoms with van der Waals surface area (Å²) < 4.78 is 11.2. The molecule has 2 aliphatic heterocycles. The molecule has 0 bridgehead atoms.